The monoisotopic (exact) mass is 309 g/mol. The Morgan fingerprint density at radius 1 is 1.14 bits per heavy atom. The first-order chi connectivity index (χ1) is 10.1. The van der Waals surface area contributed by atoms with E-state index in [0.717, 1.165) is 36.9 Å². The molecule has 116 valence electrons. The third-order valence-electron chi connectivity index (χ3n) is 4.76. The minimum atomic E-state index is -3.29. The number of aliphatic hydroxyl groups excluding tert-OH is 1. The molecule has 0 spiro atoms. The zero-order chi connectivity index (χ0) is 14.9. The van der Waals surface area contributed by atoms with Crippen LogP contribution in [0.1, 0.15) is 43.6 Å². The van der Waals surface area contributed by atoms with Gasteiger partial charge in [-0.05, 0) is 30.4 Å². The van der Waals surface area contributed by atoms with Crippen LogP contribution in [0.2, 0.25) is 0 Å². The van der Waals surface area contributed by atoms with Gasteiger partial charge < -0.3 is 5.11 Å². The van der Waals surface area contributed by atoms with Gasteiger partial charge in [-0.1, -0.05) is 37.5 Å². The summed E-state index contributed by atoms with van der Waals surface area (Å²) in [5.74, 6) is 0.450. The summed E-state index contributed by atoms with van der Waals surface area (Å²) in [6.07, 6.45) is 5.58. The number of sulfonamides is 1. The molecule has 4 nitrogen and oxygen atoms in total. The molecule has 0 radical (unpaired) electrons. The van der Waals surface area contributed by atoms with Gasteiger partial charge in [0.15, 0.2) is 0 Å². The van der Waals surface area contributed by atoms with Gasteiger partial charge in [0.2, 0.25) is 10.0 Å². The molecule has 1 atom stereocenters. The van der Waals surface area contributed by atoms with Gasteiger partial charge in [-0.15, -0.1) is 0 Å². The molecule has 0 aromatic heterocycles. The van der Waals surface area contributed by atoms with Crippen molar-refractivity contribution in [3.63, 3.8) is 0 Å². The van der Waals surface area contributed by atoms with E-state index in [-0.39, 0.29) is 18.3 Å². The fourth-order valence-corrected chi connectivity index (χ4v) is 5.60. The maximum absolute atomic E-state index is 12.8. The predicted octanol–water partition coefficient (Wildman–Crippen LogP) is 2.49. The van der Waals surface area contributed by atoms with Crippen LogP contribution in [0, 0.1) is 5.92 Å². The van der Waals surface area contributed by atoms with Gasteiger partial charge in [0.25, 0.3) is 0 Å². The van der Waals surface area contributed by atoms with Crippen LogP contribution in [0.4, 0.5) is 5.69 Å². The molecule has 0 bridgehead atoms. The molecule has 3 rings (SSSR count). The minimum absolute atomic E-state index is 0.00748. The van der Waals surface area contributed by atoms with Crippen LogP contribution in [0.25, 0.3) is 0 Å². The number of rotatable bonds is 4. The van der Waals surface area contributed by atoms with Crippen LogP contribution < -0.4 is 4.31 Å². The lowest BCUT2D eigenvalue weighted by Gasteiger charge is -2.26. The van der Waals surface area contributed by atoms with Crippen molar-refractivity contribution in [2.24, 2.45) is 5.92 Å². The highest BCUT2D eigenvalue weighted by Gasteiger charge is 2.36. The Morgan fingerprint density at radius 2 is 1.86 bits per heavy atom. The van der Waals surface area contributed by atoms with E-state index >= 15 is 0 Å². The van der Waals surface area contributed by atoms with E-state index in [0.29, 0.717) is 12.5 Å². The van der Waals surface area contributed by atoms with E-state index < -0.39 is 10.0 Å². The number of hydrogen-bond acceptors (Lipinski definition) is 3. The highest BCUT2D eigenvalue weighted by molar-refractivity contribution is 7.92. The molecular formula is C16H23NO3S. The Balaban J connectivity index is 1.82. The zero-order valence-corrected chi connectivity index (χ0v) is 13.1. The van der Waals surface area contributed by atoms with Crippen LogP contribution in [0.5, 0.6) is 0 Å². The lowest BCUT2D eigenvalue weighted by Crippen LogP contribution is -2.35. The molecule has 1 heterocycles. The van der Waals surface area contributed by atoms with Crippen LogP contribution in [-0.4, -0.2) is 32.4 Å². The first-order valence-corrected chi connectivity index (χ1v) is 9.43. The molecule has 21 heavy (non-hydrogen) atoms. The largest absolute Gasteiger partial charge is 0.396 e. The third-order valence-corrected chi connectivity index (χ3v) is 6.67. The summed E-state index contributed by atoms with van der Waals surface area (Å²) in [6, 6.07) is 7.54. The van der Waals surface area contributed by atoms with Gasteiger partial charge in [0.05, 0.1) is 18.0 Å². The zero-order valence-electron chi connectivity index (χ0n) is 12.2. The van der Waals surface area contributed by atoms with Gasteiger partial charge in [-0.3, -0.25) is 4.31 Å². The Morgan fingerprint density at radius 3 is 2.57 bits per heavy atom. The van der Waals surface area contributed by atoms with Gasteiger partial charge in [-0.2, -0.15) is 0 Å². The standard InChI is InChI=1S/C16H23NO3S/c18-11-14-10-17(16-9-5-4-8-15(14)16)21(19,20)12-13-6-2-1-3-7-13/h4-5,8-9,13-14,18H,1-3,6-7,10-12H2. The molecule has 1 aliphatic carbocycles. The molecule has 5 heteroatoms. The third kappa shape index (κ3) is 2.94. The number of para-hydroxylation sites is 1. The van der Waals surface area contributed by atoms with E-state index in [1.54, 1.807) is 0 Å². The lowest BCUT2D eigenvalue weighted by molar-refractivity contribution is 0.272. The second-order valence-electron chi connectivity index (χ2n) is 6.25. The summed E-state index contributed by atoms with van der Waals surface area (Å²) < 4.78 is 27.1. The molecule has 1 aliphatic heterocycles. The Kier molecular flexibility index (Phi) is 4.22. The first kappa shape index (κ1) is 14.9. The number of aliphatic hydroxyl groups is 1. The first-order valence-electron chi connectivity index (χ1n) is 7.82. The van der Waals surface area contributed by atoms with Crippen molar-refractivity contribution in [2.75, 3.05) is 23.2 Å². The molecule has 2 aliphatic rings. The molecule has 1 saturated carbocycles. The second kappa shape index (κ2) is 5.97. The van der Waals surface area contributed by atoms with Gasteiger partial charge in [0.1, 0.15) is 0 Å². The van der Waals surface area contributed by atoms with E-state index in [4.69, 9.17) is 0 Å². The summed E-state index contributed by atoms with van der Waals surface area (Å²) in [5, 5.41) is 9.50. The topological polar surface area (TPSA) is 57.6 Å². The summed E-state index contributed by atoms with van der Waals surface area (Å²) in [6.45, 7) is 0.372. The van der Waals surface area contributed by atoms with Gasteiger partial charge in [0, 0.05) is 12.5 Å². The summed E-state index contributed by atoms with van der Waals surface area (Å²) in [4.78, 5) is 0. The Hall–Kier alpha value is -1.07. The number of fused-ring (bicyclic) bond motifs is 1. The van der Waals surface area contributed by atoms with Crippen LogP contribution >= 0.6 is 0 Å². The van der Waals surface area contributed by atoms with Crippen molar-refractivity contribution in [1.82, 2.24) is 0 Å². The van der Waals surface area contributed by atoms with Crippen molar-refractivity contribution in [3.05, 3.63) is 29.8 Å². The number of nitrogens with zero attached hydrogens (tertiary/aromatic N) is 1. The van der Waals surface area contributed by atoms with Crippen LogP contribution in [0.3, 0.4) is 0 Å². The van der Waals surface area contributed by atoms with E-state index in [1.165, 1.54) is 10.7 Å². The average molecular weight is 309 g/mol. The molecule has 1 aromatic rings. The molecule has 1 aromatic carbocycles. The smallest absolute Gasteiger partial charge is 0.235 e. The number of benzene rings is 1. The Labute approximate surface area is 126 Å². The highest BCUT2D eigenvalue weighted by atomic mass is 32.2. The van der Waals surface area contributed by atoms with Crippen molar-refractivity contribution in [3.8, 4) is 0 Å². The fourth-order valence-electron chi connectivity index (χ4n) is 3.62. The summed E-state index contributed by atoms with van der Waals surface area (Å²) in [7, 11) is -3.29. The van der Waals surface area contributed by atoms with Crippen molar-refractivity contribution in [2.45, 2.75) is 38.0 Å². The molecular weight excluding hydrogens is 286 g/mol. The van der Waals surface area contributed by atoms with Gasteiger partial charge >= 0.3 is 0 Å². The van der Waals surface area contributed by atoms with Crippen LogP contribution in [0.15, 0.2) is 24.3 Å². The lowest BCUT2D eigenvalue weighted by atomic mass is 9.91. The maximum atomic E-state index is 12.8. The van der Waals surface area contributed by atoms with E-state index in [9.17, 15) is 13.5 Å². The SMILES string of the molecule is O=S(=O)(CC1CCCCC1)N1CC(CO)c2ccccc21. The summed E-state index contributed by atoms with van der Waals surface area (Å²) >= 11 is 0. The molecule has 0 saturated heterocycles. The van der Waals surface area contributed by atoms with Gasteiger partial charge in [-0.25, -0.2) is 8.42 Å². The quantitative estimate of drug-likeness (QED) is 0.929. The molecule has 1 fully saturated rings. The molecule has 0 amide bonds. The molecule has 1 N–H and O–H groups in total. The Bertz CT molecular complexity index is 593. The average Bonchev–Trinajstić information content (AvgIpc) is 2.87. The maximum Gasteiger partial charge on any atom is 0.235 e. The number of hydrogen-bond donors (Lipinski definition) is 1. The predicted molar refractivity (Wildman–Crippen MR) is 84.0 cm³/mol. The fraction of sp³-hybridized carbons (Fsp3) is 0.625. The van der Waals surface area contributed by atoms with E-state index in [2.05, 4.69) is 0 Å². The van der Waals surface area contributed by atoms with Crippen molar-refractivity contribution in [1.29, 1.82) is 0 Å². The molecule has 1 unspecified atom stereocenters. The normalized spacial score (nSPS) is 23.3. The van der Waals surface area contributed by atoms with Crippen LogP contribution in [-0.2, 0) is 10.0 Å². The van der Waals surface area contributed by atoms with Crippen molar-refractivity contribution >= 4 is 15.7 Å². The minimum Gasteiger partial charge on any atom is -0.396 e. The number of anilines is 1. The highest BCUT2D eigenvalue weighted by Crippen LogP contribution is 2.38. The van der Waals surface area contributed by atoms with Crippen molar-refractivity contribution < 1.29 is 13.5 Å². The summed E-state index contributed by atoms with van der Waals surface area (Å²) in [5.41, 5.74) is 1.71. The van der Waals surface area contributed by atoms with E-state index in [1.807, 2.05) is 24.3 Å². The second-order valence-corrected chi connectivity index (χ2v) is 8.19.